The summed E-state index contributed by atoms with van der Waals surface area (Å²) in [5, 5.41) is 4.26. The van der Waals surface area contributed by atoms with E-state index in [1.807, 2.05) is 18.2 Å². The third-order valence-electron chi connectivity index (χ3n) is 3.40. The number of ether oxygens (including phenoxy) is 1. The van der Waals surface area contributed by atoms with Crippen LogP contribution in [0.1, 0.15) is 11.1 Å². The highest BCUT2D eigenvalue weighted by molar-refractivity contribution is 7.98. The summed E-state index contributed by atoms with van der Waals surface area (Å²) in [6.07, 6.45) is 3.03. The zero-order chi connectivity index (χ0) is 13.9. The van der Waals surface area contributed by atoms with Crippen LogP contribution in [0.25, 0.3) is 0 Å². The fourth-order valence-electron chi connectivity index (χ4n) is 2.46. The van der Waals surface area contributed by atoms with Crippen molar-refractivity contribution in [3.05, 3.63) is 52.5 Å². The molecule has 1 aliphatic rings. The molecule has 104 valence electrons. The van der Waals surface area contributed by atoms with Gasteiger partial charge < -0.3 is 10.1 Å². The van der Waals surface area contributed by atoms with Gasteiger partial charge in [0.25, 0.3) is 0 Å². The van der Waals surface area contributed by atoms with Gasteiger partial charge in [0.2, 0.25) is 0 Å². The first kappa shape index (κ1) is 13.7. The van der Waals surface area contributed by atoms with Gasteiger partial charge in [0.05, 0.1) is 6.61 Å². The first-order valence-corrected chi connectivity index (χ1v) is 8.19. The highest BCUT2D eigenvalue weighted by Crippen LogP contribution is 2.34. The largest absolute Gasteiger partial charge is 0.493 e. The zero-order valence-corrected chi connectivity index (χ0v) is 12.9. The summed E-state index contributed by atoms with van der Waals surface area (Å²) in [4.78, 5) is 1.24. The van der Waals surface area contributed by atoms with Crippen LogP contribution in [0.5, 0.6) is 5.75 Å². The predicted octanol–water partition coefficient (Wildman–Crippen LogP) is 4.61. The van der Waals surface area contributed by atoms with E-state index >= 15 is 0 Å². The van der Waals surface area contributed by atoms with Crippen molar-refractivity contribution in [2.45, 2.75) is 17.9 Å². The average molecular weight is 306 g/mol. The molecule has 0 radical (unpaired) electrons. The van der Waals surface area contributed by atoms with E-state index in [2.05, 4.69) is 29.8 Å². The van der Waals surface area contributed by atoms with Gasteiger partial charge in [0.15, 0.2) is 0 Å². The number of anilines is 1. The smallest absolute Gasteiger partial charge is 0.127 e. The highest BCUT2D eigenvalue weighted by Gasteiger charge is 2.17. The van der Waals surface area contributed by atoms with Crippen molar-refractivity contribution in [1.29, 1.82) is 0 Å². The summed E-state index contributed by atoms with van der Waals surface area (Å²) < 4.78 is 5.73. The van der Waals surface area contributed by atoms with Crippen molar-refractivity contribution in [3.63, 3.8) is 0 Å². The molecular formula is C16H16ClNOS. The Hall–Kier alpha value is -1.32. The lowest BCUT2D eigenvalue weighted by atomic mass is 10.1. The van der Waals surface area contributed by atoms with E-state index in [-0.39, 0.29) is 0 Å². The van der Waals surface area contributed by atoms with Gasteiger partial charge in [-0.2, -0.15) is 0 Å². The molecule has 0 saturated carbocycles. The highest BCUT2D eigenvalue weighted by atomic mass is 35.5. The monoisotopic (exact) mass is 305 g/mol. The van der Waals surface area contributed by atoms with Crippen LogP contribution in [0, 0.1) is 0 Å². The molecular weight excluding hydrogens is 290 g/mol. The second-order valence-electron chi connectivity index (χ2n) is 4.71. The summed E-state index contributed by atoms with van der Waals surface area (Å²) in [5.41, 5.74) is 3.49. The van der Waals surface area contributed by atoms with Gasteiger partial charge in [-0.05, 0) is 36.1 Å². The number of fused-ring (bicyclic) bond motifs is 1. The van der Waals surface area contributed by atoms with E-state index in [1.54, 1.807) is 11.8 Å². The molecule has 0 saturated heterocycles. The second kappa shape index (κ2) is 5.98. The van der Waals surface area contributed by atoms with Gasteiger partial charge >= 0.3 is 0 Å². The van der Waals surface area contributed by atoms with Crippen LogP contribution in [0.15, 0.2) is 41.3 Å². The third kappa shape index (κ3) is 2.74. The maximum atomic E-state index is 6.18. The number of benzene rings is 2. The molecule has 0 aliphatic carbocycles. The number of para-hydroxylation sites is 1. The van der Waals surface area contributed by atoms with Gasteiger partial charge in [-0.15, -0.1) is 11.8 Å². The molecule has 0 spiro atoms. The maximum absolute atomic E-state index is 6.18. The minimum atomic E-state index is 0.723. The summed E-state index contributed by atoms with van der Waals surface area (Å²) in [5.74, 6) is 1.00. The van der Waals surface area contributed by atoms with E-state index in [4.69, 9.17) is 16.3 Å². The fraction of sp³-hybridized carbons (Fsp3) is 0.250. The molecule has 20 heavy (non-hydrogen) atoms. The maximum Gasteiger partial charge on any atom is 0.127 e. The van der Waals surface area contributed by atoms with Crippen LogP contribution in [0.3, 0.4) is 0 Å². The quantitative estimate of drug-likeness (QED) is 0.834. The van der Waals surface area contributed by atoms with Crippen molar-refractivity contribution in [2.75, 3.05) is 18.2 Å². The molecule has 0 fully saturated rings. The molecule has 0 atom stereocenters. The molecule has 1 N–H and O–H groups in total. The van der Waals surface area contributed by atoms with Gasteiger partial charge in [0.1, 0.15) is 5.75 Å². The van der Waals surface area contributed by atoms with E-state index in [0.717, 1.165) is 41.6 Å². The molecule has 1 heterocycles. The Morgan fingerprint density at radius 1 is 1.30 bits per heavy atom. The van der Waals surface area contributed by atoms with Crippen LogP contribution in [-0.2, 0) is 13.0 Å². The molecule has 3 rings (SSSR count). The Labute approximate surface area is 128 Å². The van der Waals surface area contributed by atoms with Crippen LogP contribution in [0.4, 0.5) is 5.69 Å². The van der Waals surface area contributed by atoms with Crippen LogP contribution in [0.2, 0.25) is 5.02 Å². The minimum Gasteiger partial charge on any atom is -0.493 e. The van der Waals surface area contributed by atoms with E-state index in [0.29, 0.717) is 0 Å². The number of thioether (sulfide) groups is 1. The number of hydrogen-bond acceptors (Lipinski definition) is 3. The fourth-order valence-corrected chi connectivity index (χ4v) is 3.30. The van der Waals surface area contributed by atoms with E-state index in [1.165, 1.54) is 10.5 Å². The van der Waals surface area contributed by atoms with Gasteiger partial charge in [0, 0.05) is 34.1 Å². The lowest BCUT2D eigenvalue weighted by Crippen LogP contribution is -2.02. The molecule has 2 nitrogen and oxygen atoms in total. The molecule has 0 unspecified atom stereocenters. The Bertz CT molecular complexity index is 630. The van der Waals surface area contributed by atoms with Crippen molar-refractivity contribution in [3.8, 4) is 5.75 Å². The SMILES string of the molecule is CSc1ccccc1NCc1cc(Cl)cc2c1OCC2. The standard InChI is InChI=1S/C16H16ClNOS/c1-20-15-5-3-2-4-14(15)18-10-12-9-13(17)8-11-6-7-19-16(11)12/h2-5,8-9,18H,6-7,10H2,1H3. The van der Waals surface area contributed by atoms with Crippen LogP contribution < -0.4 is 10.1 Å². The summed E-state index contributed by atoms with van der Waals surface area (Å²) >= 11 is 7.92. The molecule has 4 heteroatoms. The summed E-state index contributed by atoms with van der Waals surface area (Å²) in [7, 11) is 0. The molecule has 0 aromatic heterocycles. The Balaban J connectivity index is 1.82. The normalized spacial score (nSPS) is 12.9. The Morgan fingerprint density at radius 2 is 2.15 bits per heavy atom. The summed E-state index contributed by atoms with van der Waals surface area (Å²) in [6, 6.07) is 12.3. The van der Waals surface area contributed by atoms with E-state index in [9.17, 15) is 0 Å². The first-order valence-electron chi connectivity index (χ1n) is 6.59. The van der Waals surface area contributed by atoms with Crippen LogP contribution in [-0.4, -0.2) is 12.9 Å². The lowest BCUT2D eigenvalue weighted by molar-refractivity contribution is 0.354. The predicted molar refractivity (Wildman–Crippen MR) is 86.2 cm³/mol. The number of rotatable bonds is 4. The van der Waals surface area contributed by atoms with Crippen molar-refractivity contribution in [2.24, 2.45) is 0 Å². The van der Waals surface area contributed by atoms with Crippen molar-refractivity contribution < 1.29 is 4.74 Å². The Kier molecular flexibility index (Phi) is 4.08. The molecule has 2 aromatic carbocycles. The van der Waals surface area contributed by atoms with Gasteiger partial charge in [-0.25, -0.2) is 0 Å². The van der Waals surface area contributed by atoms with E-state index < -0.39 is 0 Å². The number of nitrogens with one attached hydrogen (secondary N) is 1. The van der Waals surface area contributed by atoms with Crippen molar-refractivity contribution >= 4 is 29.1 Å². The molecule has 0 bridgehead atoms. The topological polar surface area (TPSA) is 21.3 Å². The van der Waals surface area contributed by atoms with Gasteiger partial charge in [-0.3, -0.25) is 0 Å². The lowest BCUT2D eigenvalue weighted by Gasteiger charge is -2.13. The molecule has 0 amide bonds. The number of halogens is 1. The zero-order valence-electron chi connectivity index (χ0n) is 11.3. The second-order valence-corrected chi connectivity index (χ2v) is 5.99. The average Bonchev–Trinajstić information content (AvgIpc) is 2.93. The Morgan fingerprint density at radius 3 is 3.00 bits per heavy atom. The minimum absolute atomic E-state index is 0.723. The number of hydrogen-bond donors (Lipinski definition) is 1. The molecule has 1 aliphatic heterocycles. The van der Waals surface area contributed by atoms with Crippen LogP contribution >= 0.6 is 23.4 Å². The first-order chi connectivity index (χ1) is 9.78. The van der Waals surface area contributed by atoms with Gasteiger partial charge in [-0.1, -0.05) is 23.7 Å². The molecule has 2 aromatic rings. The summed E-state index contributed by atoms with van der Waals surface area (Å²) in [6.45, 7) is 1.48. The third-order valence-corrected chi connectivity index (χ3v) is 4.42. The van der Waals surface area contributed by atoms with Crippen molar-refractivity contribution in [1.82, 2.24) is 0 Å².